The van der Waals surface area contributed by atoms with E-state index in [-0.39, 0.29) is 6.61 Å². The molecule has 0 radical (unpaired) electrons. The molecule has 2 aromatic carbocycles. The zero-order chi connectivity index (χ0) is 13.8. The Morgan fingerprint density at radius 1 is 1.00 bits per heavy atom. The minimum atomic E-state index is 0.285. The van der Waals surface area contributed by atoms with Gasteiger partial charge in [-0.05, 0) is 30.3 Å². The van der Waals surface area contributed by atoms with E-state index >= 15 is 0 Å². The van der Waals surface area contributed by atoms with Crippen molar-refractivity contribution < 1.29 is 4.74 Å². The summed E-state index contributed by atoms with van der Waals surface area (Å²) in [6, 6.07) is 10.7. The predicted molar refractivity (Wildman–Crippen MR) is 80.1 cm³/mol. The van der Waals surface area contributed by atoms with Crippen LogP contribution in [0.4, 0.5) is 0 Å². The van der Waals surface area contributed by atoms with E-state index < -0.39 is 0 Å². The maximum atomic E-state index is 6.08. The quantitative estimate of drug-likeness (QED) is 0.888. The van der Waals surface area contributed by atoms with Crippen LogP contribution in [-0.2, 0) is 13.2 Å². The molecule has 0 unspecified atom stereocenters. The van der Waals surface area contributed by atoms with Crippen LogP contribution in [0.25, 0.3) is 0 Å². The van der Waals surface area contributed by atoms with Crippen LogP contribution in [0.15, 0.2) is 36.4 Å². The van der Waals surface area contributed by atoms with Gasteiger partial charge in [-0.3, -0.25) is 0 Å². The molecule has 0 atom stereocenters. The Bertz CT molecular complexity index is 567. The second-order valence-corrected chi connectivity index (χ2v) is 5.20. The first-order valence-electron chi connectivity index (χ1n) is 5.66. The van der Waals surface area contributed by atoms with E-state index in [4.69, 9.17) is 45.3 Å². The van der Waals surface area contributed by atoms with E-state index in [1.165, 1.54) is 0 Å². The molecular formula is C14H12Cl3NO. The Morgan fingerprint density at radius 3 is 2.32 bits per heavy atom. The fourth-order valence-electron chi connectivity index (χ4n) is 1.67. The van der Waals surface area contributed by atoms with E-state index in [1.54, 1.807) is 36.4 Å². The lowest BCUT2D eigenvalue weighted by Crippen LogP contribution is -2.03. The third kappa shape index (κ3) is 3.54. The summed E-state index contributed by atoms with van der Waals surface area (Å²) in [5, 5.41) is 1.79. The minimum Gasteiger partial charge on any atom is -0.488 e. The van der Waals surface area contributed by atoms with Crippen molar-refractivity contribution in [2.75, 3.05) is 0 Å². The van der Waals surface area contributed by atoms with E-state index in [0.29, 0.717) is 27.4 Å². The van der Waals surface area contributed by atoms with Crippen LogP contribution in [0.3, 0.4) is 0 Å². The van der Waals surface area contributed by atoms with Crippen molar-refractivity contribution in [3.05, 3.63) is 62.6 Å². The number of nitrogens with two attached hydrogens (primary N) is 1. The number of hydrogen-bond donors (Lipinski definition) is 1. The molecule has 0 aromatic heterocycles. The van der Waals surface area contributed by atoms with Gasteiger partial charge in [-0.15, -0.1) is 0 Å². The molecule has 0 amide bonds. The van der Waals surface area contributed by atoms with Gasteiger partial charge in [0.15, 0.2) is 0 Å². The van der Waals surface area contributed by atoms with Crippen LogP contribution >= 0.6 is 34.8 Å². The first-order valence-corrected chi connectivity index (χ1v) is 6.79. The van der Waals surface area contributed by atoms with E-state index in [0.717, 1.165) is 11.1 Å². The van der Waals surface area contributed by atoms with Gasteiger partial charge in [0, 0.05) is 32.7 Å². The number of ether oxygens (including phenoxy) is 1. The van der Waals surface area contributed by atoms with Crippen molar-refractivity contribution in [2.24, 2.45) is 5.73 Å². The molecule has 2 aromatic rings. The largest absolute Gasteiger partial charge is 0.488 e. The Kier molecular flexibility index (Phi) is 4.94. The summed E-state index contributed by atoms with van der Waals surface area (Å²) in [5.41, 5.74) is 7.25. The molecule has 0 spiro atoms. The van der Waals surface area contributed by atoms with Gasteiger partial charge < -0.3 is 10.5 Å². The van der Waals surface area contributed by atoms with E-state index in [2.05, 4.69) is 0 Å². The van der Waals surface area contributed by atoms with Crippen molar-refractivity contribution in [3.63, 3.8) is 0 Å². The highest BCUT2D eigenvalue weighted by molar-refractivity contribution is 6.35. The van der Waals surface area contributed by atoms with Gasteiger partial charge in [0.05, 0.1) is 0 Å². The van der Waals surface area contributed by atoms with Crippen LogP contribution in [0, 0.1) is 0 Å². The lowest BCUT2D eigenvalue weighted by atomic mass is 10.2. The Morgan fingerprint density at radius 2 is 1.68 bits per heavy atom. The topological polar surface area (TPSA) is 35.2 Å². The maximum Gasteiger partial charge on any atom is 0.124 e. The van der Waals surface area contributed by atoms with Crippen molar-refractivity contribution >= 4 is 34.8 Å². The highest BCUT2D eigenvalue weighted by Gasteiger charge is 2.08. The fraction of sp³-hybridized carbons (Fsp3) is 0.143. The molecular weight excluding hydrogens is 305 g/mol. The van der Waals surface area contributed by atoms with Crippen molar-refractivity contribution in [2.45, 2.75) is 13.2 Å². The lowest BCUT2D eigenvalue weighted by Gasteiger charge is -2.12. The predicted octanol–water partition coefficient (Wildman–Crippen LogP) is 4.68. The summed E-state index contributed by atoms with van der Waals surface area (Å²) >= 11 is 18.1. The molecule has 0 fully saturated rings. The minimum absolute atomic E-state index is 0.285. The molecule has 0 aliphatic rings. The maximum absolute atomic E-state index is 6.08. The third-order valence-corrected chi connectivity index (χ3v) is 3.62. The molecule has 0 bridgehead atoms. The molecule has 0 aliphatic carbocycles. The second kappa shape index (κ2) is 6.49. The lowest BCUT2D eigenvalue weighted by molar-refractivity contribution is 0.303. The van der Waals surface area contributed by atoms with Crippen LogP contribution in [0.1, 0.15) is 11.1 Å². The smallest absolute Gasteiger partial charge is 0.124 e. The van der Waals surface area contributed by atoms with Crippen molar-refractivity contribution in [3.8, 4) is 5.75 Å². The summed E-state index contributed by atoms with van der Waals surface area (Å²) < 4.78 is 5.72. The number of benzene rings is 2. The van der Waals surface area contributed by atoms with Gasteiger partial charge in [-0.2, -0.15) is 0 Å². The zero-order valence-electron chi connectivity index (χ0n) is 10.00. The van der Waals surface area contributed by atoms with Gasteiger partial charge >= 0.3 is 0 Å². The Hall–Kier alpha value is -0.930. The Labute approximate surface area is 127 Å². The third-order valence-electron chi connectivity index (χ3n) is 2.68. The van der Waals surface area contributed by atoms with E-state index in [1.807, 2.05) is 0 Å². The summed E-state index contributed by atoms with van der Waals surface area (Å²) in [5.74, 6) is 0.683. The molecule has 0 heterocycles. The SMILES string of the molecule is NCc1cc(Cl)ccc1OCc1c(Cl)cccc1Cl. The van der Waals surface area contributed by atoms with Crippen molar-refractivity contribution in [1.29, 1.82) is 0 Å². The van der Waals surface area contributed by atoms with Crippen LogP contribution in [0.5, 0.6) is 5.75 Å². The second-order valence-electron chi connectivity index (χ2n) is 3.95. The highest BCUT2D eigenvalue weighted by Crippen LogP contribution is 2.28. The molecule has 0 aliphatic heterocycles. The molecule has 5 heteroatoms. The van der Waals surface area contributed by atoms with Gasteiger partial charge in [-0.1, -0.05) is 40.9 Å². The van der Waals surface area contributed by atoms with Gasteiger partial charge in [0.1, 0.15) is 12.4 Å². The molecule has 2 rings (SSSR count). The number of rotatable bonds is 4. The van der Waals surface area contributed by atoms with E-state index in [9.17, 15) is 0 Å². The monoisotopic (exact) mass is 315 g/mol. The summed E-state index contributed by atoms with van der Waals surface area (Å²) in [7, 11) is 0. The van der Waals surface area contributed by atoms with Crippen LogP contribution in [0.2, 0.25) is 15.1 Å². The molecule has 0 saturated carbocycles. The number of halogens is 3. The molecule has 2 nitrogen and oxygen atoms in total. The van der Waals surface area contributed by atoms with Crippen LogP contribution < -0.4 is 10.5 Å². The summed E-state index contributed by atoms with van der Waals surface area (Å²) in [6.45, 7) is 0.638. The number of hydrogen-bond acceptors (Lipinski definition) is 2. The molecule has 2 N–H and O–H groups in total. The summed E-state index contributed by atoms with van der Waals surface area (Å²) in [4.78, 5) is 0. The first kappa shape index (κ1) is 14.5. The molecule has 100 valence electrons. The average molecular weight is 317 g/mol. The molecule has 0 saturated heterocycles. The first-order chi connectivity index (χ1) is 9.11. The zero-order valence-corrected chi connectivity index (χ0v) is 12.3. The summed E-state index contributed by atoms with van der Waals surface area (Å²) in [6.07, 6.45) is 0. The van der Waals surface area contributed by atoms with Gasteiger partial charge in [-0.25, -0.2) is 0 Å². The van der Waals surface area contributed by atoms with Crippen molar-refractivity contribution in [1.82, 2.24) is 0 Å². The van der Waals surface area contributed by atoms with Crippen LogP contribution in [-0.4, -0.2) is 0 Å². The van der Waals surface area contributed by atoms with Gasteiger partial charge in [0.25, 0.3) is 0 Å². The molecule has 19 heavy (non-hydrogen) atoms. The fourth-order valence-corrected chi connectivity index (χ4v) is 2.37. The average Bonchev–Trinajstić information content (AvgIpc) is 2.39. The normalized spacial score (nSPS) is 10.5. The Balaban J connectivity index is 2.19. The van der Waals surface area contributed by atoms with Gasteiger partial charge in [0.2, 0.25) is 0 Å². The standard InChI is InChI=1S/C14H12Cl3NO/c15-10-4-5-14(9(6-10)7-18)19-8-11-12(16)2-1-3-13(11)17/h1-6H,7-8,18H2. The highest BCUT2D eigenvalue weighted by atomic mass is 35.5.